The third kappa shape index (κ3) is 16.4. The number of fused-ring (bicyclic) bond motifs is 15. The second-order valence-corrected chi connectivity index (χ2v) is 37.9. The smallest absolute Gasteiger partial charge is 0.159 e. The molecule has 0 amide bonds. The summed E-state index contributed by atoms with van der Waals surface area (Å²) in [4.78, 5) is 6.99. The molecular formula is C138H91N3O3S. The summed E-state index contributed by atoms with van der Waals surface area (Å²) in [6.45, 7) is 0. The van der Waals surface area contributed by atoms with Gasteiger partial charge in [-0.15, -0.1) is 11.3 Å². The molecule has 24 aromatic carbocycles. The van der Waals surface area contributed by atoms with E-state index < -0.39 is 0 Å². The fraction of sp³-hybridized carbons (Fsp3) is 0. The number of furan rings is 3. The zero-order valence-electron chi connectivity index (χ0n) is 79.0. The molecule has 145 heavy (non-hydrogen) atoms. The van der Waals surface area contributed by atoms with Crippen molar-refractivity contribution in [1.82, 2.24) is 0 Å². The van der Waals surface area contributed by atoms with Crippen molar-refractivity contribution in [2.75, 3.05) is 14.7 Å². The summed E-state index contributed by atoms with van der Waals surface area (Å²) in [6, 6.07) is 197. The summed E-state index contributed by atoms with van der Waals surface area (Å²) >= 11 is 1.86. The van der Waals surface area contributed by atoms with Gasteiger partial charge in [0.25, 0.3) is 0 Å². The van der Waals surface area contributed by atoms with Gasteiger partial charge in [0.2, 0.25) is 0 Å². The topological polar surface area (TPSA) is 49.1 Å². The van der Waals surface area contributed by atoms with Gasteiger partial charge < -0.3 is 28.0 Å². The van der Waals surface area contributed by atoms with Gasteiger partial charge in [-0.05, 0) is 267 Å². The van der Waals surface area contributed by atoms with Crippen LogP contribution in [-0.2, 0) is 0 Å². The average Bonchev–Trinajstić information content (AvgIpc) is 1.61. The molecule has 682 valence electrons. The van der Waals surface area contributed by atoms with E-state index in [4.69, 9.17) is 13.3 Å². The molecule has 28 rings (SSSR count). The maximum absolute atomic E-state index is 6.60. The van der Waals surface area contributed by atoms with Crippen LogP contribution >= 0.6 is 11.3 Å². The Morgan fingerprint density at radius 2 is 0.379 bits per heavy atom. The van der Waals surface area contributed by atoms with E-state index in [-0.39, 0.29) is 0 Å². The SMILES string of the molecule is c1ccc(-c2cc(-c3ccc(N(c4cccc5c4oc4ccccc45)c4cccc5c4oc4ccccc45)cc3)cc3ccccc23)cc1.c1ccc(-c2ccc(N(c3ccc(-c4cc(-c5ccccc5)c5ccccc5c4)cc3)c3cccc4c3oc3ccccc34)cc2)cc1.c1ccc(-c2ccc(N(c3ccc(-c4cc(-c5ccccc5)c5ccccc5c4)cc3)c3cccc4c3sc3ccccc34)cc2)cc1. The number of benzene rings is 24. The van der Waals surface area contributed by atoms with E-state index in [2.05, 4.69) is 530 Å². The van der Waals surface area contributed by atoms with Crippen LogP contribution in [0.3, 0.4) is 0 Å². The first-order valence-corrected chi connectivity index (χ1v) is 50.1. The largest absolute Gasteiger partial charge is 0.454 e. The van der Waals surface area contributed by atoms with Gasteiger partial charge in [0.15, 0.2) is 16.7 Å². The lowest BCUT2D eigenvalue weighted by Crippen LogP contribution is -2.10. The van der Waals surface area contributed by atoms with Crippen molar-refractivity contribution >= 4 is 181 Å². The molecule has 0 saturated heterocycles. The molecule has 6 nitrogen and oxygen atoms in total. The second kappa shape index (κ2) is 37.7. The number of thiophene rings is 1. The molecule has 0 unspecified atom stereocenters. The minimum Gasteiger partial charge on any atom is -0.454 e. The minimum absolute atomic E-state index is 0.836. The van der Waals surface area contributed by atoms with E-state index in [1.54, 1.807) is 0 Å². The normalized spacial score (nSPS) is 11.4. The van der Waals surface area contributed by atoms with Crippen molar-refractivity contribution in [3.8, 4) is 89.0 Å². The Hall–Kier alpha value is -18.9. The monoisotopic (exact) mass is 1870 g/mol. The van der Waals surface area contributed by atoms with Crippen LogP contribution in [0.5, 0.6) is 0 Å². The van der Waals surface area contributed by atoms with Crippen molar-refractivity contribution in [2.45, 2.75) is 0 Å². The van der Waals surface area contributed by atoms with Crippen molar-refractivity contribution in [3.05, 3.63) is 552 Å². The Morgan fingerprint density at radius 3 is 0.717 bits per heavy atom. The highest BCUT2D eigenvalue weighted by Gasteiger charge is 2.27. The Labute approximate surface area is 843 Å². The van der Waals surface area contributed by atoms with Crippen molar-refractivity contribution in [2.24, 2.45) is 0 Å². The van der Waals surface area contributed by atoms with Crippen LogP contribution in [0.4, 0.5) is 51.2 Å². The fourth-order valence-corrected chi connectivity index (χ4v) is 22.4. The molecule has 0 aliphatic carbocycles. The molecule has 0 aliphatic heterocycles. The van der Waals surface area contributed by atoms with Crippen LogP contribution in [0.25, 0.3) is 207 Å². The van der Waals surface area contributed by atoms with E-state index in [0.717, 1.165) is 117 Å². The third-order valence-corrected chi connectivity index (χ3v) is 29.4. The molecule has 0 bridgehead atoms. The van der Waals surface area contributed by atoms with Crippen molar-refractivity contribution in [1.29, 1.82) is 0 Å². The molecule has 0 radical (unpaired) electrons. The number of para-hydroxylation sites is 6. The van der Waals surface area contributed by atoms with Gasteiger partial charge in [-0.2, -0.15) is 0 Å². The second-order valence-electron chi connectivity index (χ2n) is 36.8. The Kier molecular flexibility index (Phi) is 22.5. The first-order chi connectivity index (χ1) is 71.9. The standard InChI is InChI=1S/C46H29NO2.C46H31NO.C46H31NS/c1-2-12-31(13-3-1)40-29-33(28-32-14-4-5-15-35(32)40)30-24-26-34(27-25-30)47(41-20-10-18-38-36-16-6-8-22-43(36)48-45(38)41)42-21-11-19-39-37-17-7-9-23-44(37)49-46(39)42;2*1-3-12-32(13-4-1)33-22-26-38(27-23-33)47(44-20-11-19-42-41-18-9-10-21-45(41)48-46(42)44)39-28-24-34(25-29-39)37-30-36-16-7-8-17-40(36)43(31-37)35-14-5-2-6-15-35/h1-29H;2*1-31H. The number of rotatable bonds is 17. The van der Waals surface area contributed by atoms with Crippen LogP contribution in [0.15, 0.2) is 565 Å². The van der Waals surface area contributed by atoms with Crippen molar-refractivity contribution < 1.29 is 13.3 Å². The highest BCUT2D eigenvalue weighted by Crippen LogP contribution is 2.52. The average molecular weight is 1870 g/mol. The van der Waals surface area contributed by atoms with Gasteiger partial charge in [0, 0.05) is 76.2 Å². The fourth-order valence-electron chi connectivity index (χ4n) is 21.2. The van der Waals surface area contributed by atoms with Gasteiger partial charge in [-0.3, -0.25) is 0 Å². The Balaban J connectivity index is 0.000000111. The first-order valence-electron chi connectivity index (χ1n) is 49.3. The minimum atomic E-state index is 0.836. The number of hydrogen-bond acceptors (Lipinski definition) is 7. The lowest BCUT2D eigenvalue weighted by molar-refractivity contribution is 0.666. The zero-order valence-corrected chi connectivity index (χ0v) is 79.8. The quantitative estimate of drug-likeness (QED) is 0.0905. The first kappa shape index (κ1) is 86.4. The van der Waals surface area contributed by atoms with Gasteiger partial charge in [0.1, 0.15) is 16.7 Å². The summed E-state index contributed by atoms with van der Waals surface area (Å²) < 4.78 is 22.3. The van der Waals surface area contributed by atoms with Gasteiger partial charge in [-0.25, -0.2) is 0 Å². The zero-order chi connectivity index (χ0) is 96.0. The van der Waals surface area contributed by atoms with E-state index in [9.17, 15) is 0 Å². The highest BCUT2D eigenvalue weighted by atomic mass is 32.1. The summed E-state index contributed by atoms with van der Waals surface area (Å²) in [5.74, 6) is 0. The maximum Gasteiger partial charge on any atom is 0.159 e. The number of anilines is 9. The molecule has 0 saturated carbocycles. The Bertz CT molecular complexity index is 9190. The molecule has 28 aromatic rings. The van der Waals surface area contributed by atoms with E-state index in [0.29, 0.717) is 0 Å². The van der Waals surface area contributed by atoms with E-state index in [1.165, 1.54) is 142 Å². The maximum atomic E-state index is 6.60. The van der Waals surface area contributed by atoms with Gasteiger partial charge in [-0.1, -0.05) is 406 Å². The van der Waals surface area contributed by atoms with Crippen LogP contribution < -0.4 is 14.7 Å². The molecule has 7 heteroatoms. The molecule has 4 aromatic heterocycles. The molecule has 0 spiro atoms. The Morgan fingerprint density at radius 1 is 0.145 bits per heavy atom. The summed E-state index contributed by atoms with van der Waals surface area (Å²) in [6.07, 6.45) is 0. The van der Waals surface area contributed by atoms with Crippen LogP contribution in [-0.4, -0.2) is 0 Å². The van der Waals surface area contributed by atoms with E-state index >= 15 is 0 Å². The molecule has 4 heterocycles. The predicted octanol–water partition coefficient (Wildman–Crippen LogP) is 40.3. The van der Waals surface area contributed by atoms with Crippen molar-refractivity contribution in [3.63, 3.8) is 0 Å². The summed E-state index contributed by atoms with van der Waals surface area (Å²) in [5, 5.41) is 16.7. The highest BCUT2D eigenvalue weighted by molar-refractivity contribution is 7.26. The van der Waals surface area contributed by atoms with Crippen LogP contribution in [0.2, 0.25) is 0 Å². The summed E-state index contributed by atoms with van der Waals surface area (Å²) in [7, 11) is 0. The van der Waals surface area contributed by atoms with E-state index in [1.807, 2.05) is 47.7 Å². The van der Waals surface area contributed by atoms with Gasteiger partial charge in [0.05, 0.1) is 27.4 Å². The molecule has 0 N–H and O–H groups in total. The predicted molar refractivity (Wildman–Crippen MR) is 614 cm³/mol. The van der Waals surface area contributed by atoms with Crippen LogP contribution in [0.1, 0.15) is 0 Å². The number of nitrogens with zero attached hydrogens (tertiary/aromatic N) is 3. The third-order valence-electron chi connectivity index (χ3n) is 28.2. The number of hydrogen-bond donors (Lipinski definition) is 0. The molecule has 0 fully saturated rings. The van der Waals surface area contributed by atoms with Gasteiger partial charge >= 0.3 is 0 Å². The lowest BCUT2D eigenvalue weighted by Gasteiger charge is -2.26. The molecule has 0 aliphatic rings. The molecule has 0 atom stereocenters. The lowest BCUT2D eigenvalue weighted by atomic mass is 9.93. The summed E-state index contributed by atoms with van der Waals surface area (Å²) in [5.41, 5.74) is 33.9. The van der Waals surface area contributed by atoms with Crippen LogP contribution in [0, 0.1) is 0 Å². The molecular weight excluding hydrogens is 1780 g/mol.